The smallest absolute Gasteiger partial charge is 0.225 e. The molecule has 1 rings (SSSR count). The summed E-state index contributed by atoms with van der Waals surface area (Å²) in [4.78, 5) is 13.8. The fraction of sp³-hybridized carbons (Fsp3) is 0.462. The van der Waals surface area contributed by atoms with Crippen molar-refractivity contribution in [2.75, 3.05) is 31.6 Å². The lowest BCUT2D eigenvalue weighted by Gasteiger charge is -2.18. The van der Waals surface area contributed by atoms with Crippen LogP contribution in [0.1, 0.15) is 13.3 Å². The molecule has 0 aliphatic heterocycles. The van der Waals surface area contributed by atoms with Gasteiger partial charge in [-0.05, 0) is 18.7 Å². The molecule has 0 radical (unpaired) electrons. The lowest BCUT2D eigenvalue weighted by molar-refractivity contribution is -0.116. The Balaban J connectivity index is 2.51. The van der Waals surface area contributed by atoms with Gasteiger partial charge in [0.05, 0.1) is 22.3 Å². The molecule has 6 heteroatoms. The molecule has 0 fully saturated rings. The van der Waals surface area contributed by atoms with Crippen LogP contribution in [0.4, 0.5) is 5.69 Å². The van der Waals surface area contributed by atoms with Crippen LogP contribution in [-0.4, -0.2) is 42.2 Å². The van der Waals surface area contributed by atoms with Gasteiger partial charge in [0.25, 0.3) is 0 Å². The number of carbonyl (C=O) groups excluding carboxylic acids is 1. The zero-order valence-electron chi connectivity index (χ0n) is 10.8. The molecule has 0 aliphatic rings. The summed E-state index contributed by atoms with van der Waals surface area (Å²) in [6.07, 6.45) is 0.329. The van der Waals surface area contributed by atoms with Crippen LogP contribution < -0.4 is 5.32 Å². The highest BCUT2D eigenvalue weighted by Crippen LogP contribution is 2.29. The number of anilines is 1. The van der Waals surface area contributed by atoms with Crippen molar-refractivity contribution < 1.29 is 9.90 Å². The van der Waals surface area contributed by atoms with Crippen molar-refractivity contribution in [2.24, 2.45) is 0 Å². The van der Waals surface area contributed by atoms with Gasteiger partial charge in [0.2, 0.25) is 5.91 Å². The van der Waals surface area contributed by atoms with E-state index in [0.717, 1.165) is 6.54 Å². The molecule has 1 aromatic rings. The van der Waals surface area contributed by atoms with Crippen LogP contribution >= 0.6 is 23.2 Å². The van der Waals surface area contributed by atoms with Gasteiger partial charge in [-0.1, -0.05) is 36.2 Å². The van der Waals surface area contributed by atoms with Crippen LogP contribution in [0.2, 0.25) is 10.0 Å². The number of hydrogen-bond acceptors (Lipinski definition) is 3. The highest BCUT2D eigenvalue weighted by molar-refractivity contribution is 6.39. The molecule has 0 bridgehead atoms. The van der Waals surface area contributed by atoms with E-state index in [1.54, 1.807) is 18.2 Å². The van der Waals surface area contributed by atoms with Crippen molar-refractivity contribution in [3.63, 3.8) is 0 Å². The number of nitrogens with one attached hydrogen (secondary N) is 1. The molecule has 4 nitrogen and oxygen atoms in total. The average molecular weight is 305 g/mol. The van der Waals surface area contributed by atoms with E-state index in [1.807, 2.05) is 11.8 Å². The fourth-order valence-corrected chi connectivity index (χ4v) is 2.14. The summed E-state index contributed by atoms with van der Waals surface area (Å²) in [6, 6.07) is 5.07. The summed E-state index contributed by atoms with van der Waals surface area (Å²) in [5.41, 5.74) is 0.445. The minimum Gasteiger partial charge on any atom is -0.395 e. The minimum atomic E-state index is -0.147. The lowest BCUT2D eigenvalue weighted by Crippen LogP contribution is -2.30. The molecule has 2 N–H and O–H groups in total. The average Bonchev–Trinajstić information content (AvgIpc) is 2.39. The summed E-state index contributed by atoms with van der Waals surface area (Å²) < 4.78 is 0. The van der Waals surface area contributed by atoms with E-state index in [-0.39, 0.29) is 12.5 Å². The highest BCUT2D eigenvalue weighted by atomic mass is 35.5. The molecular weight excluding hydrogens is 287 g/mol. The number of amides is 1. The van der Waals surface area contributed by atoms with E-state index in [4.69, 9.17) is 28.3 Å². The minimum absolute atomic E-state index is 0.0891. The second-order valence-electron chi connectivity index (χ2n) is 4.05. The number of hydrogen-bond donors (Lipinski definition) is 2. The van der Waals surface area contributed by atoms with E-state index in [1.165, 1.54) is 0 Å². The molecule has 0 unspecified atom stereocenters. The summed E-state index contributed by atoms with van der Waals surface area (Å²) >= 11 is 11.9. The standard InChI is InChI=1S/C13H18Cl2N2O2/c1-2-17(8-9-18)7-6-12(19)16-13-10(14)4-3-5-11(13)15/h3-5,18H,2,6-9H2,1H3,(H,16,19). The molecule has 1 aromatic carbocycles. The van der Waals surface area contributed by atoms with Crippen molar-refractivity contribution in [1.82, 2.24) is 4.90 Å². The summed E-state index contributed by atoms with van der Waals surface area (Å²) in [5.74, 6) is -0.147. The molecule has 0 atom stereocenters. The maximum absolute atomic E-state index is 11.8. The van der Waals surface area contributed by atoms with Crippen LogP contribution in [-0.2, 0) is 4.79 Å². The van der Waals surface area contributed by atoms with Crippen molar-refractivity contribution in [1.29, 1.82) is 0 Å². The third kappa shape index (κ3) is 5.37. The predicted octanol–water partition coefficient (Wildman–Crippen LogP) is 2.64. The lowest BCUT2D eigenvalue weighted by atomic mass is 10.3. The van der Waals surface area contributed by atoms with Gasteiger partial charge in [-0.2, -0.15) is 0 Å². The van der Waals surface area contributed by atoms with Crippen molar-refractivity contribution in [2.45, 2.75) is 13.3 Å². The van der Waals surface area contributed by atoms with E-state index < -0.39 is 0 Å². The van der Waals surface area contributed by atoms with Crippen molar-refractivity contribution in [3.8, 4) is 0 Å². The van der Waals surface area contributed by atoms with E-state index in [9.17, 15) is 4.79 Å². The monoisotopic (exact) mass is 304 g/mol. The largest absolute Gasteiger partial charge is 0.395 e. The second-order valence-corrected chi connectivity index (χ2v) is 4.87. The number of rotatable bonds is 7. The Bertz CT molecular complexity index is 407. The van der Waals surface area contributed by atoms with Crippen molar-refractivity contribution in [3.05, 3.63) is 28.2 Å². The third-order valence-corrected chi connectivity index (χ3v) is 3.38. The summed E-state index contributed by atoms with van der Waals surface area (Å²) in [6.45, 7) is 4.02. The van der Waals surface area contributed by atoms with E-state index >= 15 is 0 Å². The quantitative estimate of drug-likeness (QED) is 0.814. The SMILES string of the molecule is CCN(CCO)CCC(=O)Nc1c(Cl)cccc1Cl. The number of likely N-dealkylation sites (N-methyl/N-ethyl adjacent to an activating group) is 1. The number of aliphatic hydroxyl groups is 1. The Morgan fingerprint density at radius 1 is 1.32 bits per heavy atom. The molecule has 0 aliphatic carbocycles. The van der Waals surface area contributed by atoms with Gasteiger partial charge in [0.1, 0.15) is 0 Å². The van der Waals surface area contributed by atoms with Gasteiger partial charge < -0.3 is 15.3 Å². The molecular formula is C13H18Cl2N2O2. The topological polar surface area (TPSA) is 52.6 Å². The Morgan fingerprint density at radius 2 is 1.95 bits per heavy atom. The fourth-order valence-electron chi connectivity index (χ4n) is 1.65. The predicted molar refractivity (Wildman–Crippen MR) is 78.9 cm³/mol. The van der Waals surface area contributed by atoms with Gasteiger partial charge in [-0.15, -0.1) is 0 Å². The Kier molecular flexibility index (Phi) is 7.16. The van der Waals surface area contributed by atoms with Crippen LogP contribution in [0.15, 0.2) is 18.2 Å². The molecule has 0 aromatic heterocycles. The summed E-state index contributed by atoms with van der Waals surface area (Å²) in [5, 5.41) is 12.4. The van der Waals surface area contributed by atoms with Crippen LogP contribution in [0.3, 0.4) is 0 Å². The van der Waals surface area contributed by atoms with Crippen LogP contribution in [0, 0.1) is 0 Å². The van der Waals surface area contributed by atoms with Crippen LogP contribution in [0.25, 0.3) is 0 Å². The first-order valence-corrected chi connectivity index (χ1v) is 6.91. The van der Waals surface area contributed by atoms with Gasteiger partial charge in [0, 0.05) is 19.5 Å². The number of nitrogens with zero attached hydrogens (tertiary/aromatic N) is 1. The Hall–Kier alpha value is -0.810. The molecule has 0 heterocycles. The first-order chi connectivity index (χ1) is 9.08. The number of halogens is 2. The number of para-hydroxylation sites is 1. The zero-order chi connectivity index (χ0) is 14.3. The number of benzene rings is 1. The number of aliphatic hydroxyl groups excluding tert-OH is 1. The van der Waals surface area contributed by atoms with Crippen LogP contribution in [0.5, 0.6) is 0 Å². The maximum Gasteiger partial charge on any atom is 0.225 e. The first kappa shape index (κ1) is 16.2. The van der Waals surface area contributed by atoms with Crippen molar-refractivity contribution >= 4 is 34.8 Å². The normalized spacial score (nSPS) is 10.8. The number of carbonyl (C=O) groups is 1. The van der Waals surface area contributed by atoms with Gasteiger partial charge in [-0.3, -0.25) is 4.79 Å². The van der Waals surface area contributed by atoms with E-state index in [0.29, 0.717) is 35.2 Å². The zero-order valence-corrected chi connectivity index (χ0v) is 12.3. The van der Waals surface area contributed by atoms with Gasteiger partial charge >= 0.3 is 0 Å². The second kappa shape index (κ2) is 8.38. The maximum atomic E-state index is 11.8. The Labute approximate surface area is 123 Å². The van der Waals surface area contributed by atoms with Gasteiger partial charge in [-0.25, -0.2) is 0 Å². The van der Waals surface area contributed by atoms with Gasteiger partial charge in [0.15, 0.2) is 0 Å². The highest BCUT2D eigenvalue weighted by Gasteiger charge is 2.10. The molecule has 19 heavy (non-hydrogen) atoms. The first-order valence-electron chi connectivity index (χ1n) is 6.15. The molecule has 0 spiro atoms. The summed E-state index contributed by atoms with van der Waals surface area (Å²) in [7, 11) is 0. The molecule has 0 saturated carbocycles. The molecule has 1 amide bonds. The third-order valence-electron chi connectivity index (χ3n) is 2.75. The molecule has 106 valence electrons. The Morgan fingerprint density at radius 3 is 2.47 bits per heavy atom. The van der Waals surface area contributed by atoms with E-state index in [2.05, 4.69) is 5.32 Å². The molecule has 0 saturated heterocycles.